The van der Waals surface area contributed by atoms with Crippen molar-refractivity contribution in [3.8, 4) is 5.75 Å². The van der Waals surface area contributed by atoms with Crippen LogP contribution in [0.3, 0.4) is 0 Å². The first-order valence-corrected chi connectivity index (χ1v) is 8.68. The normalized spacial score (nSPS) is 12.9. The Morgan fingerprint density at radius 1 is 1.32 bits per heavy atom. The number of nitrogens with zero attached hydrogens (tertiary/aromatic N) is 2. The van der Waals surface area contributed by atoms with Crippen LogP contribution in [0.2, 0.25) is 0 Å². The van der Waals surface area contributed by atoms with Crippen LogP contribution in [0.15, 0.2) is 30.5 Å². The van der Waals surface area contributed by atoms with Gasteiger partial charge in [0.2, 0.25) is 0 Å². The number of hydrogen-bond donors (Lipinski definition) is 1. The quantitative estimate of drug-likeness (QED) is 0.870. The van der Waals surface area contributed by atoms with Gasteiger partial charge in [0.25, 0.3) is 10.1 Å². The molecular formula is C15H24N2O4S. The molecule has 0 saturated carbocycles. The molecule has 1 aromatic heterocycles. The third kappa shape index (κ3) is 6.05. The minimum Gasteiger partial charge on any atom is -0.497 e. The molecule has 0 amide bonds. The number of rotatable bonds is 4. The topological polar surface area (TPSA) is 71.8 Å². The lowest BCUT2D eigenvalue weighted by atomic mass is 10.2. The number of methoxy groups -OCH3 is 1. The van der Waals surface area contributed by atoms with Crippen molar-refractivity contribution in [1.82, 2.24) is 9.47 Å². The molecule has 124 valence electrons. The third-order valence-electron chi connectivity index (χ3n) is 3.32. The molecule has 2 aromatic rings. The van der Waals surface area contributed by atoms with Crippen molar-refractivity contribution < 1.29 is 17.7 Å². The van der Waals surface area contributed by atoms with Gasteiger partial charge in [0.15, 0.2) is 0 Å². The van der Waals surface area contributed by atoms with Gasteiger partial charge in [-0.25, -0.2) is 0 Å². The van der Waals surface area contributed by atoms with E-state index in [1.54, 1.807) is 7.11 Å². The monoisotopic (exact) mass is 328 g/mol. The van der Waals surface area contributed by atoms with Crippen molar-refractivity contribution >= 4 is 21.0 Å². The fourth-order valence-electron chi connectivity index (χ4n) is 1.91. The fourth-order valence-corrected chi connectivity index (χ4v) is 1.91. The first-order chi connectivity index (χ1) is 10.1. The van der Waals surface area contributed by atoms with Crippen molar-refractivity contribution in [1.29, 1.82) is 0 Å². The van der Waals surface area contributed by atoms with Crippen LogP contribution in [-0.4, -0.2) is 55.9 Å². The van der Waals surface area contributed by atoms with E-state index in [-0.39, 0.29) is 0 Å². The predicted molar refractivity (Wildman–Crippen MR) is 89.1 cm³/mol. The first-order valence-electron chi connectivity index (χ1n) is 6.83. The SMILES string of the molecule is COc1ccc2c(ccn2C[C@@H](C)N(C)C)c1.CS(=O)(=O)O. The summed E-state index contributed by atoms with van der Waals surface area (Å²) in [6, 6.07) is 8.87. The molecule has 0 fully saturated rings. The summed E-state index contributed by atoms with van der Waals surface area (Å²) in [5, 5.41) is 1.23. The summed E-state index contributed by atoms with van der Waals surface area (Å²) in [5.41, 5.74) is 1.26. The van der Waals surface area contributed by atoms with Gasteiger partial charge in [0, 0.05) is 29.7 Å². The van der Waals surface area contributed by atoms with Crippen LogP contribution in [0.1, 0.15) is 6.92 Å². The number of benzene rings is 1. The highest BCUT2D eigenvalue weighted by molar-refractivity contribution is 7.85. The Balaban J connectivity index is 0.000000422. The van der Waals surface area contributed by atoms with E-state index in [1.807, 2.05) is 6.07 Å². The molecule has 1 atom stereocenters. The average molecular weight is 328 g/mol. The molecule has 7 heteroatoms. The second-order valence-corrected chi connectivity index (χ2v) is 6.90. The van der Waals surface area contributed by atoms with Crippen molar-refractivity contribution in [3.05, 3.63) is 30.5 Å². The number of fused-ring (bicyclic) bond motifs is 1. The van der Waals surface area contributed by atoms with Gasteiger partial charge in [0.1, 0.15) is 5.75 Å². The Hall–Kier alpha value is -1.57. The minimum absolute atomic E-state index is 0.521. The summed E-state index contributed by atoms with van der Waals surface area (Å²) in [6.45, 7) is 3.23. The summed E-state index contributed by atoms with van der Waals surface area (Å²) in [5.74, 6) is 0.913. The van der Waals surface area contributed by atoms with Gasteiger partial charge in [-0.05, 0) is 45.3 Å². The van der Waals surface area contributed by atoms with E-state index >= 15 is 0 Å². The maximum absolute atomic E-state index is 9.19. The number of hydrogen-bond acceptors (Lipinski definition) is 4. The van der Waals surface area contributed by atoms with Crippen LogP contribution in [0, 0.1) is 0 Å². The molecule has 22 heavy (non-hydrogen) atoms. The van der Waals surface area contributed by atoms with E-state index in [1.165, 1.54) is 10.9 Å². The van der Waals surface area contributed by atoms with Crippen LogP contribution in [-0.2, 0) is 16.7 Å². The Bertz CT molecular complexity index is 699. The summed E-state index contributed by atoms with van der Waals surface area (Å²) < 4.78 is 33.4. The van der Waals surface area contributed by atoms with Crippen LogP contribution >= 0.6 is 0 Å². The van der Waals surface area contributed by atoms with E-state index in [4.69, 9.17) is 9.29 Å². The highest BCUT2D eigenvalue weighted by Gasteiger charge is 2.08. The van der Waals surface area contributed by atoms with E-state index in [9.17, 15) is 8.42 Å². The van der Waals surface area contributed by atoms with Crippen molar-refractivity contribution in [2.24, 2.45) is 0 Å². The zero-order chi connectivity index (χ0) is 16.9. The van der Waals surface area contributed by atoms with Gasteiger partial charge in [-0.1, -0.05) is 0 Å². The second-order valence-electron chi connectivity index (χ2n) is 5.44. The van der Waals surface area contributed by atoms with Crippen molar-refractivity contribution in [2.45, 2.75) is 19.5 Å². The molecule has 0 aliphatic rings. The van der Waals surface area contributed by atoms with Gasteiger partial charge in [-0.3, -0.25) is 4.55 Å². The van der Waals surface area contributed by atoms with Gasteiger partial charge < -0.3 is 14.2 Å². The van der Waals surface area contributed by atoms with Gasteiger partial charge >= 0.3 is 0 Å². The second kappa shape index (κ2) is 7.62. The Labute approximate surface area is 132 Å². The van der Waals surface area contributed by atoms with Crippen LogP contribution in [0.5, 0.6) is 5.75 Å². The largest absolute Gasteiger partial charge is 0.497 e. The Morgan fingerprint density at radius 3 is 2.41 bits per heavy atom. The summed E-state index contributed by atoms with van der Waals surface area (Å²) >= 11 is 0. The van der Waals surface area contributed by atoms with Gasteiger partial charge in [-0.15, -0.1) is 0 Å². The van der Waals surface area contributed by atoms with Crippen LogP contribution < -0.4 is 4.74 Å². The lowest BCUT2D eigenvalue weighted by molar-refractivity contribution is 0.286. The first kappa shape index (κ1) is 18.5. The molecule has 1 aromatic carbocycles. The number of likely N-dealkylation sites (N-methyl/N-ethyl adjacent to an activating group) is 1. The molecule has 0 aliphatic carbocycles. The van der Waals surface area contributed by atoms with E-state index in [0.29, 0.717) is 12.3 Å². The maximum Gasteiger partial charge on any atom is 0.261 e. The molecule has 0 aliphatic heterocycles. The molecule has 1 heterocycles. The molecule has 0 radical (unpaired) electrons. The Kier molecular flexibility index (Phi) is 6.40. The van der Waals surface area contributed by atoms with Gasteiger partial charge in [-0.2, -0.15) is 8.42 Å². The fraction of sp³-hybridized carbons (Fsp3) is 0.467. The molecule has 0 spiro atoms. The molecule has 1 N–H and O–H groups in total. The average Bonchev–Trinajstić information content (AvgIpc) is 2.79. The third-order valence-corrected chi connectivity index (χ3v) is 3.32. The molecule has 0 bridgehead atoms. The zero-order valence-electron chi connectivity index (χ0n) is 13.6. The summed E-state index contributed by atoms with van der Waals surface area (Å²) in [4.78, 5) is 2.23. The molecule has 2 rings (SSSR count). The standard InChI is InChI=1S/C14H20N2O.CH4O3S/c1-11(15(2)3)10-16-8-7-12-9-13(17-4)5-6-14(12)16;1-5(2,3)4/h5-9,11H,10H2,1-4H3;1H3,(H,2,3,4)/t11-;/m1./s1. The highest BCUT2D eigenvalue weighted by Crippen LogP contribution is 2.22. The Morgan fingerprint density at radius 2 is 1.91 bits per heavy atom. The highest BCUT2D eigenvalue weighted by atomic mass is 32.2. The molecule has 0 saturated heterocycles. The smallest absolute Gasteiger partial charge is 0.261 e. The zero-order valence-corrected chi connectivity index (χ0v) is 14.5. The van der Waals surface area contributed by atoms with Crippen molar-refractivity contribution in [3.63, 3.8) is 0 Å². The maximum atomic E-state index is 9.19. The van der Waals surface area contributed by atoms with Crippen molar-refractivity contribution in [2.75, 3.05) is 27.5 Å². The minimum atomic E-state index is -3.67. The summed E-state index contributed by atoms with van der Waals surface area (Å²) in [6.07, 6.45) is 2.86. The number of aromatic nitrogens is 1. The molecule has 0 unspecified atom stereocenters. The molecule has 6 nitrogen and oxygen atoms in total. The van der Waals surface area contributed by atoms with E-state index in [2.05, 4.69) is 54.9 Å². The summed E-state index contributed by atoms with van der Waals surface area (Å²) in [7, 11) is 2.26. The number of ether oxygens (including phenoxy) is 1. The lowest BCUT2D eigenvalue weighted by Crippen LogP contribution is -2.28. The van der Waals surface area contributed by atoms with Crippen LogP contribution in [0.25, 0.3) is 10.9 Å². The lowest BCUT2D eigenvalue weighted by Gasteiger charge is -2.20. The van der Waals surface area contributed by atoms with E-state index in [0.717, 1.165) is 12.3 Å². The molecular weight excluding hydrogens is 304 g/mol. The van der Waals surface area contributed by atoms with Crippen LogP contribution in [0.4, 0.5) is 0 Å². The predicted octanol–water partition coefficient (Wildman–Crippen LogP) is 2.10. The van der Waals surface area contributed by atoms with E-state index < -0.39 is 10.1 Å². The van der Waals surface area contributed by atoms with Gasteiger partial charge in [0.05, 0.1) is 13.4 Å².